The molecular weight excluding hydrogens is 421 g/mol. The van der Waals surface area contributed by atoms with Crippen molar-refractivity contribution in [2.24, 2.45) is 0 Å². The van der Waals surface area contributed by atoms with Gasteiger partial charge in [-0.1, -0.05) is 0 Å². The number of sulfonamides is 1. The largest absolute Gasteiger partial charge is 0.242 e. The molecule has 19 heavy (non-hydrogen) atoms. The van der Waals surface area contributed by atoms with Crippen LogP contribution in [0.4, 0.5) is 4.39 Å². The average molecular weight is 429 g/mol. The van der Waals surface area contributed by atoms with Gasteiger partial charge in [0.05, 0.1) is 4.90 Å². The molecule has 2 aromatic rings. The first-order valence-corrected chi connectivity index (χ1v) is 9.01. The van der Waals surface area contributed by atoms with E-state index in [4.69, 9.17) is 0 Å². The van der Waals surface area contributed by atoms with Crippen LogP contribution in [-0.2, 0) is 16.6 Å². The maximum Gasteiger partial charge on any atom is 0.242 e. The van der Waals surface area contributed by atoms with Crippen molar-refractivity contribution >= 4 is 53.2 Å². The van der Waals surface area contributed by atoms with E-state index in [0.717, 1.165) is 21.5 Å². The van der Waals surface area contributed by atoms with E-state index < -0.39 is 15.8 Å². The Labute approximate surface area is 131 Å². The zero-order valence-corrected chi connectivity index (χ0v) is 14.2. The van der Waals surface area contributed by atoms with Crippen LogP contribution in [0.15, 0.2) is 43.5 Å². The van der Waals surface area contributed by atoms with Crippen molar-refractivity contribution in [2.45, 2.75) is 11.4 Å². The maximum absolute atomic E-state index is 12.9. The van der Waals surface area contributed by atoms with Crippen LogP contribution in [0.5, 0.6) is 0 Å². The smallest absolute Gasteiger partial charge is 0.207 e. The molecule has 0 bridgehead atoms. The van der Waals surface area contributed by atoms with E-state index in [-0.39, 0.29) is 15.9 Å². The summed E-state index contributed by atoms with van der Waals surface area (Å²) in [6, 6.07) is 5.30. The number of nitrogens with one attached hydrogen (secondary N) is 1. The first-order chi connectivity index (χ1) is 8.88. The van der Waals surface area contributed by atoms with Crippen LogP contribution in [0, 0.1) is 5.82 Å². The summed E-state index contributed by atoms with van der Waals surface area (Å²) in [5, 5.41) is 1.87. The molecule has 0 spiro atoms. The molecular formula is C11H8Br2FNO2S2. The summed E-state index contributed by atoms with van der Waals surface area (Å²) in [4.78, 5) is 0.901. The standard InChI is InChI=1S/C11H8Br2FNO2S2/c12-7-3-9(18-6-7)5-15-19(16,17)11-2-1-8(14)4-10(11)13/h1-4,6,15H,5H2. The van der Waals surface area contributed by atoms with Crippen LogP contribution >= 0.6 is 43.2 Å². The van der Waals surface area contributed by atoms with E-state index >= 15 is 0 Å². The molecule has 1 N–H and O–H groups in total. The lowest BCUT2D eigenvalue weighted by Gasteiger charge is -2.07. The quantitative estimate of drug-likeness (QED) is 0.802. The van der Waals surface area contributed by atoms with E-state index in [1.54, 1.807) is 0 Å². The maximum atomic E-state index is 12.9. The number of hydrogen-bond donors (Lipinski definition) is 1. The fourth-order valence-corrected chi connectivity index (χ4v) is 4.92. The number of thiophene rings is 1. The monoisotopic (exact) mass is 427 g/mol. The fraction of sp³-hybridized carbons (Fsp3) is 0.0909. The highest BCUT2D eigenvalue weighted by Crippen LogP contribution is 2.24. The van der Waals surface area contributed by atoms with Gasteiger partial charge >= 0.3 is 0 Å². The molecule has 0 aliphatic carbocycles. The van der Waals surface area contributed by atoms with Crippen LogP contribution in [0.25, 0.3) is 0 Å². The molecule has 0 atom stereocenters. The predicted molar refractivity (Wildman–Crippen MR) is 80.1 cm³/mol. The molecule has 0 saturated heterocycles. The predicted octanol–water partition coefficient (Wildman–Crippen LogP) is 3.89. The van der Waals surface area contributed by atoms with Crippen molar-refractivity contribution in [3.8, 4) is 0 Å². The van der Waals surface area contributed by atoms with Crippen molar-refractivity contribution in [3.63, 3.8) is 0 Å². The van der Waals surface area contributed by atoms with Crippen molar-refractivity contribution < 1.29 is 12.8 Å². The van der Waals surface area contributed by atoms with Gasteiger partial charge in [0.1, 0.15) is 5.82 Å². The Kier molecular flexibility index (Phi) is 4.78. The Hall–Kier alpha value is -0.280. The Balaban J connectivity index is 2.18. The first-order valence-electron chi connectivity index (χ1n) is 5.06. The Bertz CT molecular complexity index is 700. The van der Waals surface area contributed by atoms with Gasteiger partial charge < -0.3 is 0 Å². The van der Waals surface area contributed by atoms with Crippen LogP contribution in [0.3, 0.4) is 0 Å². The minimum absolute atomic E-state index is 0.0181. The normalized spacial score (nSPS) is 11.7. The van der Waals surface area contributed by atoms with Crippen molar-refractivity contribution in [1.82, 2.24) is 4.72 Å². The van der Waals surface area contributed by atoms with E-state index in [1.807, 2.05) is 11.4 Å². The van der Waals surface area contributed by atoms with Gasteiger partial charge in [0.15, 0.2) is 0 Å². The molecule has 8 heteroatoms. The second-order valence-electron chi connectivity index (χ2n) is 3.63. The van der Waals surface area contributed by atoms with Crippen molar-refractivity contribution in [2.75, 3.05) is 0 Å². The minimum Gasteiger partial charge on any atom is -0.207 e. The highest BCUT2D eigenvalue weighted by atomic mass is 79.9. The first kappa shape index (κ1) is 15.1. The van der Waals surface area contributed by atoms with Crippen LogP contribution in [0.1, 0.15) is 4.88 Å². The summed E-state index contributed by atoms with van der Waals surface area (Å²) in [7, 11) is -3.67. The molecule has 1 aromatic heterocycles. The van der Waals surface area contributed by atoms with E-state index in [2.05, 4.69) is 36.6 Å². The SMILES string of the molecule is O=S(=O)(NCc1cc(Br)cs1)c1ccc(F)cc1Br. The lowest BCUT2D eigenvalue weighted by Crippen LogP contribution is -2.23. The van der Waals surface area contributed by atoms with Crippen LogP contribution < -0.4 is 4.72 Å². The Morgan fingerprint density at radius 2 is 2.00 bits per heavy atom. The highest BCUT2D eigenvalue weighted by Gasteiger charge is 2.18. The summed E-state index contributed by atoms with van der Waals surface area (Å²) >= 11 is 7.80. The van der Waals surface area contributed by atoms with E-state index in [1.165, 1.54) is 17.4 Å². The van der Waals surface area contributed by atoms with Gasteiger partial charge in [0.25, 0.3) is 0 Å². The molecule has 102 valence electrons. The zero-order valence-electron chi connectivity index (χ0n) is 9.36. The van der Waals surface area contributed by atoms with Gasteiger partial charge in [-0.05, 0) is 56.1 Å². The van der Waals surface area contributed by atoms with E-state index in [0.29, 0.717) is 0 Å². The third-order valence-electron chi connectivity index (χ3n) is 2.24. The molecule has 0 saturated carbocycles. The summed E-state index contributed by atoms with van der Waals surface area (Å²) in [5.41, 5.74) is 0. The van der Waals surface area contributed by atoms with Crippen LogP contribution in [0.2, 0.25) is 0 Å². The van der Waals surface area contributed by atoms with Gasteiger partial charge in [-0.15, -0.1) is 11.3 Å². The van der Waals surface area contributed by atoms with Gasteiger partial charge in [0.2, 0.25) is 10.0 Å². The third kappa shape index (κ3) is 3.85. The fourth-order valence-electron chi connectivity index (χ4n) is 1.38. The van der Waals surface area contributed by atoms with Gasteiger partial charge in [-0.25, -0.2) is 17.5 Å². The van der Waals surface area contributed by atoms with Gasteiger partial charge in [-0.2, -0.15) is 0 Å². The molecule has 0 aliphatic rings. The molecule has 0 amide bonds. The molecule has 2 rings (SSSR count). The molecule has 1 heterocycles. The summed E-state index contributed by atoms with van der Waals surface area (Å²) in [5.74, 6) is -0.493. The Morgan fingerprint density at radius 3 is 2.58 bits per heavy atom. The summed E-state index contributed by atoms with van der Waals surface area (Å²) in [6.45, 7) is 0.197. The zero-order chi connectivity index (χ0) is 14.0. The molecule has 0 aliphatic heterocycles. The van der Waals surface area contributed by atoms with E-state index in [9.17, 15) is 12.8 Å². The molecule has 0 fully saturated rings. The summed E-state index contributed by atoms with van der Waals surface area (Å²) in [6.07, 6.45) is 0. The second kappa shape index (κ2) is 6.01. The molecule has 1 aromatic carbocycles. The highest BCUT2D eigenvalue weighted by molar-refractivity contribution is 9.10. The van der Waals surface area contributed by atoms with Crippen molar-refractivity contribution in [3.05, 3.63) is 49.3 Å². The van der Waals surface area contributed by atoms with Crippen molar-refractivity contribution in [1.29, 1.82) is 0 Å². The van der Waals surface area contributed by atoms with Gasteiger partial charge in [-0.3, -0.25) is 0 Å². The summed E-state index contributed by atoms with van der Waals surface area (Å²) < 4.78 is 40.7. The number of halogens is 3. The van der Waals surface area contributed by atoms with Crippen LogP contribution in [-0.4, -0.2) is 8.42 Å². The number of hydrogen-bond acceptors (Lipinski definition) is 3. The molecule has 3 nitrogen and oxygen atoms in total. The lowest BCUT2D eigenvalue weighted by atomic mass is 10.3. The number of benzene rings is 1. The minimum atomic E-state index is -3.67. The molecule has 0 unspecified atom stereocenters. The lowest BCUT2D eigenvalue weighted by molar-refractivity contribution is 0.580. The van der Waals surface area contributed by atoms with Gasteiger partial charge in [0, 0.05) is 25.7 Å². The number of rotatable bonds is 4. The topological polar surface area (TPSA) is 46.2 Å². The average Bonchev–Trinajstić information content (AvgIpc) is 2.72. The third-order valence-corrected chi connectivity index (χ3v) is 6.32. The second-order valence-corrected chi connectivity index (χ2v) is 8.13. The molecule has 0 radical (unpaired) electrons. The Morgan fingerprint density at radius 1 is 1.26 bits per heavy atom.